The van der Waals surface area contributed by atoms with E-state index in [0.717, 1.165) is 25.4 Å². The van der Waals surface area contributed by atoms with Crippen molar-refractivity contribution < 1.29 is 4.74 Å². The van der Waals surface area contributed by atoms with Gasteiger partial charge in [-0.05, 0) is 31.4 Å². The number of rotatable bonds is 4. The van der Waals surface area contributed by atoms with E-state index in [1.807, 2.05) is 6.20 Å². The van der Waals surface area contributed by atoms with Gasteiger partial charge in [0.2, 0.25) is 0 Å². The Morgan fingerprint density at radius 3 is 2.79 bits per heavy atom. The van der Waals surface area contributed by atoms with E-state index < -0.39 is 0 Å². The fraction of sp³-hybridized carbons (Fsp3) is 0.615. The van der Waals surface area contributed by atoms with Gasteiger partial charge in [-0.25, -0.2) is 4.98 Å². The lowest BCUT2D eigenvalue weighted by Crippen LogP contribution is -2.26. The van der Waals surface area contributed by atoms with Gasteiger partial charge >= 0.3 is 0 Å². The van der Waals surface area contributed by atoms with Crippen molar-refractivity contribution in [3.63, 3.8) is 0 Å². The van der Waals surface area contributed by atoms with Crippen LogP contribution >= 0.6 is 24.8 Å². The van der Waals surface area contributed by atoms with Crippen molar-refractivity contribution in [2.75, 3.05) is 25.6 Å². The summed E-state index contributed by atoms with van der Waals surface area (Å²) in [7, 11) is 1.74. The predicted molar refractivity (Wildman–Crippen MR) is 83.9 cm³/mol. The summed E-state index contributed by atoms with van der Waals surface area (Å²) in [6, 6.07) is 3.07. The Balaban J connectivity index is 0.00000162. The van der Waals surface area contributed by atoms with Gasteiger partial charge in [-0.1, -0.05) is 6.07 Å². The maximum absolute atomic E-state index is 5.16. The van der Waals surface area contributed by atoms with Gasteiger partial charge in [0, 0.05) is 31.9 Å². The van der Waals surface area contributed by atoms with Crippen LogP contribution in [0.1, 0.15) is 17.5 Å². The molecule has 1 aliphatic rings. The highest BCUT2D eigenvalue weighted by atomic mass is 35.5. The molecule has 2 heterocycles. The molecule has 0 aromatic carbocycles. The lowest BCUT2D eigenvalue weighted by Gasteiger charge is -2.14. The highest BCUT2D eigenvalue weighted by molar-refractivity contribution is 5.85. The quantitative estimate of drug-likeness (QED) is 0.896. The number of nitrogens with zero attached hydrogens (tertiary/aromatic N) is 1. The second-order valence-corrected chi connectivity index (χ2v) is 4.82. The Bertz CT molecular complexity index is 390. The second kappa shape index (κ2) is 8.59. The van der Waals surface area contributed by atoms with Crippen molar-refractivity contribution in [3.05, 3.63) is 23.4 Å². The largest absolute Gasteiger partial charge is 0.383 e. The highest BCUT2D eigenvalue weighted by Gasteiger charge is 2.24. The summed E-state index contributed by atoms with van der Waals surface area (Å²) in [5, 5.41) is 6.94. The van der Waals surface area contributed by atoms with Gasteiger partial charge in [-0.2, -0.15) is 0 Å². The maximum Gasteiger partial charge on any atom is 0.129 e. The van der Waals surface area contributed by atoms with Crippen LogP contribution in [0.25, 0.3) is 0 Å². The first-order valence-corrected chi connectivity index (χ1v) is 6.11. The zero-order valence-corrected chi connectivity index (χ0v) is 13.2. The molecule has 1 aromatic rings. The van der Waals surface area contributed by atoms with Crippen molar-refractivity contribution in [1.29, 1.82) is 0 Å². The number of halogens is 2. The van der Waals surface area contributed by atoms with Gasteiger partial charge in [-0.3, -0.25) is 0 Å². The van der Waals surface area contributed by atoms with Crippen LogP contribution in [0, 0.1) is 13.8 Å². The van der Waals surface area contributed by atoms with E-state index in [2.05, 4.69) is 35.5 Å². The summed E-state index contributed by atoms with van der Waals surface area (Å²) in [5.41, 5.74) is 2.41. The van der Waals surface area contributed by atoms with Crippen LogP contribution in [-0.4, -0.2) is 37.3 Å². The molecule has 0 radical (unpaired) electrons. The molecule has 6 heteroatoms. The number of pyridine rings is 1. The van der Waals surface area contributed by atoms with Crippen molar-refractivity contribution in [2.24, 2.45) is 0 Å². The maximum atomic E-state index is 5.16. The molecule has 1 fully saturated rings. The van der Waals surface area contributed by atoms with Crippen LogP contribution in [-0.2, 0) is 4.74 Å². The van der Waals surface area contributed by atoms with Gasteiger partial charge in [0.05, 0.1) is 6.61 Å². The number of aromatic nitrogens is 1. The molecule has 2 rings (SSSR count). The monoisotopic (exact) mass is 307 g/mol. The Morgan fingerprint density at radius 2 is 2.16 bits per heavy atom. The minimum atomic E-state index is 0. The zero-order chi connectivity index (χ0) is 12.3. The van der Waals surface area contributed by atoms with Gasteiger partial charge in [0.1, 0.15) is 5.82 Å². The molecule has 0 bridgehead atoms. The number of ether oxygens (including phenoxy) is 1. The first kappa shape index (κ1) is 18.4. The van der Waals surface area contributed by atoms with Gasteiger partial charge < -0.3 is 15.4 Å². The average Bonchev–Trinajstić information content (AvgIpc) is 2.71. The molecule has 19 heavy (non-hydrogen) atoms. The molecule has 1 saturated heterocycles. The minimum Gasteiger partial charge on any atom is -0.383 e. The third kappa shape index (κ3) is 5.15. The second-order valence-electron chi connectivity index (χ2n) is 4.82. The SMILES string of the molecule is COC[C@@H]1C[C@H](Nc2ncc(C)cc2C)CN1.Cl.Cl. The van der Waals surface area contributed by atoms with Crippen molar-refractivity contribution in [3.8, 4) is 0 Å². The molecule has 1 aromatic heterocycles. The summed E-state index contributed by atoms with van der Waals surface area (Å²) in [4.78, 5) is 4.44. The van der Waals surface area contributed by atoms with E-state index in [0.29, 0.717) is 12.1 Å². The molecular formula is C13H23Cl2N3O. The van der Waals surface area contributed by atoms with Crippen LogP contribution in [0.3, 0.4) is 0 Å². The Hall–Kier alpha value is -0.550. The van der Waals surface area contributed by atoms with E-state index in [1.165, 1.54) is 11.1 Å². The van der Waals surface area contributed by atoms with Gasteiger partial charge in [0.25, 0.3) is 0 Å². The summed E-state index contributed by atoms with van der Waals surface area (Å²) in [6.07, 6.45) is 2.99. The molecular weight excluding hydrogens is 285 g/mol. The number of anilines is 1. The van der Waals surface area contributed by atoms with E-state index >= 15 is 0 Å². The number of hydrogen-bond donors (Lipinski definition) is 2. The normalized spacial score (nSPS) is 21.4. The van der Waals surface area contributed by atoms with E-state index in [9.17, 15) is 0 Å². The molecule has 2 atom stereocenters. The summed E-state index contributed by atoms with van der Waals surface area (Å²) < 4.78 is 5.16. The summed E-state index contributed by atoms with van der Waals surface area (Å²) in [5.74, 6) is 1.00. The van der Waals surface area contributed by atoms with Crippen LogP contribution in [0.2, 0.25) is 0 Å². The molecule has 4 nitrogen and oxygen atoms in total. The van der Waals surface area contributed by atoms with Gasteiger partial charge in [0.15, 0.2) is 0 Å². The molecule has 0 unspecified atom stereocenters. The first-order chi connectivity index (χ1) is 8.19. The van der Waals surface area contributed by atoms with Crippen molar-refractivity contribution >= 4 is 30.6 Å². The number of hydrogen-bond acceptors (Lipinski definition) is 4. The fourth-order valence-electron chi connectivity index (χ4n) is 2.32. The number of methoxy groups -OCH3 is 1. The Labute approximate surface area is 127 Å². The lowest BCUT2D eigenvalue weighted by atomic mass is 10.1. The van der Waals surface area contributed by atoms with E-state index in [-0.39, 0.29) is 24.8 Å². The molecule has 110 valence electrons. The lowest BCUT2D eigenvalue weighted by molar-refractivity contribution is 0.173. The number of nitrogens with one attached hydrogen (secondary N) is 2. The molecule has 2 N–H and O–H groups in total. The standard InChI is InChI=1S/C13H21N3O.2ClH/c1-9-4-10(2)13(15-6-9)16-11-5-12(8-17-3)14-7-11;;/h4,6,11-12,14H,5,7-8H2,1-3H3,(H,15,16);2*1H/t11-,12-;;/m0../s1. The molecule has 0 spiro atoms. The van der Waals surface area contributed by atoms with Crippen LogP contribution in [0.4, 0.5) is 5.82 Å². The minimum absolute atomic E-state index is 0. The topological polar surface area (TPSA) is 46.2 Å². The van der Waals surface area contributed by atoms with E-state index in [1.54, 1.807) is 7.11 Å². The predicted octanol–water partition coefficient (Wildman–Crippen LogP) is 2.33. The smallest absolute Gasteiger partial charge is 0.129 e. The Morgan fingerprint density at radius 1 is 1.42 bits per heavy atom. The molecule has 1 aliphatic heterocycles. The third-order valence-corrected chi connectivity index (χ3v) is 3.15. The average molecular weight is 308 g/mol. The first-order valence-electron chi connectivity index (χ1n) is 6.11. The molecule has 0 aliphatic carbocycles. The van der Waals surface area contributed by atoms with Crippen LogP contribution in [0.15, 0.2) is 12.3 Å². The highest BCUT2D eigenvalue weighted by Crippen LogP contribution is 2.17. The fourth-order valence-corrected chi connectivity index (χ4v) is 2.32. The van der Waals surface area contributed by atoms with Crippen molar-refractivity contribution in [2.45, 2.75) is 32.4 Å². The third-order valence-electron chi connectivity index (χ3n) is 3.15. The van der Waals surface area contributed by atoms with Crippen molar-refractivity contribution in [1.82, 2.24) is 10.3 Å². The Kier molecular flexibility index (Phi) is 8.34. The van der Waals surface area contributed by atoms with E-state index in [4.69, 9.17) is 4.74 Å². The van der Waals surface area contributed by atoms with Gasteiger partial charge in [-0.15, -0.1) is 24.8 Å². The summed E-state index contributed by atoms with van der Waals surface area (Å²) in [6.45, 7) is 5.91. The number of aryl methyl sites for hydroxylation is 2. The molecule has 0 amide bonds. The van der Waals surface area contributed by atoms with Crippen LogP contribution < -0.4 is 10.6 Å². The zero-order valence-electron chi connectivity index (χ0n) is 11.6. The summed E-state index contributed by atoms with van der Waals surface area (Å²) >= 11 is 0. The van der Waals surface area contributed by atoms with Crippen LogP contribution in [0.5, 0.6) is 0 Å². The molecule has 0 saturated carbocycles.